The summed E-state index contributed by atoms with van der Waals surface area (Å²) in [4.78, 5) is 29.2. The maximum absolute atomic E-state index is 12.7. The van der Waals surface area contributed by atoms with Gasteiger partial charge in [0.05, 0.1) is 0 Å². The molecule has 0 aromatic heterocycles. The monoisotopic (exact) mass is 402 g/mol. The lowest BCUT2D eigenvalue weighted by molar-refractivity contribution is -0.139. The van der Waals surface area contributed by atoms with Crippen LogP contribution in [0.3, 0.4) is 0 Å². The van der Waals surface area contributed by atoms with E-state index in [-0.39, 0.29) is 23.9 Å². The average Bonchev–Trinajstić information content (AvgIpc) is 2.73. The number of rotatable bonds is 4. The van der Waals surface area contributed by atoms with Gasteiger partial charge >= 0.3 is 0 Å². The maximum Gasteiger partial charge on any atom is 0.246 e. The Morgan fingerprint density at radius 3 is 1.37 bits per heavy atom. The highest BCUT2D eigenvalue weighted by Crippen LogP contribution is 2.17. The lowest BCUT2D eigenvalue weighted by Crippen LogP contribution is -2.59. The summed E-state index contributed by atoms with van der Waals surface area (Å²) < 4.78 is 0. The largest absolute Gasteiger partial charge is 0.333 e. The van der Waals surface area contributed by atoms with E-state index in [0.29, 0.717) is 13.1 Å². The fraction of sp³-hybridized carbons (Fsp3) is 0.308. The second kappa shape index (κ2) is 9.57. The molecule has 0 saturated carbocycles. The first-order chi connectivity index (χ1) is 14.3. The Morgan fingerprint density at radius 1 is 0.700 bits per heavy atom. The molecule has 3 rings (SSSR count). The molecule has 1 aliphatic rings. The van der Waals surface area contributed by atoms with E-state index in [0.717, 1.165) is 11.1 Å². The lowest BCUT2D eigenvalue weighted by atomic mass is 10.1. The van der Waals surface area contributed by atoms with Crippen LogP contribution in [0.4, 0.5) is 0 Å². The SMILES string of the molecule is Cc1ccc(C=CC(=O)N2CC(C)N(C(=O)C=Cc3ccc(C)cc3)CC2C)cc1. The molecule has 1 fully saturated rings. The van der Waals surface area contributed by atoms with Crippen LogP contribution in [0.2, 0.25) is 0 Å². The molecule has 1 saturated heterocycles. The van der Waals surface area contributed by atoms with Crippen LogP contribution < -0.4 is 0 Å². The molecule has 2 atom stereocenters. The first-order valence-electron chi connectivity index (χ1n) is 10.4. The Balaban J connectivity index is 1.61. The van der Waals surface area contributed by atoms with Crippen molar-refractivity contribution in [1.29, 1.82) is 0 Å². The zero-order valence-electron chi connectivity index (χ0n) is 18.2. The summed E-state index contributed by atoms with van der Waals surface area (Å²) >= 11 is 0. The Hall–Kier alpha value is -3.14. The van der Waals surface area contributed by atoms with Gasteiger partial charge in [-0.3, -0.25) is 9.59 Å². The minimum absolute atomic E-state index is 0.0165. The standard InChI is InChI=1S/C26H30N2O2/c1-19-5-9-23(10-6-19)13-15-25(29)27-17-22(4)28(18-21(27)3)26(30)16-14-24-11-7-20(2)8-12-24/h5-16,21-22H,17-18H2,1-4H3. The van der Waals surface area contributed by atoms with Crippen LogP contribution in [0.25, 0.3) is 12.2 Å². The molecule has 0 radical (unpaired) electrons. The van der Waals surface area contributed by atoms with Gasteiger partial charge in [-0.25, -0.2) is 0 Å². The molecule has 1 aliphatic heterocycles. The first-order valence-corrected chi connectivity index (χ1v) is 10.4. The van der Waals surface area contributed by atoms with Gasteiger partial charge < -0.3 is 9.80 Å². The first kappa shape index (κ1) is 21.6. The van der Waals surface area contributed by atoms with Crippen molar-refractivity contribution in [3.05, 3.63) is 82.9 Å². The predicted octanol–water partition coefficient (Wildman–Crippen LogP) is 4.48. The van der Waals surface area contributed by atoms with Crippen LogP contribution in [0.1, 0.15) is 36.1 Å². The van der Waals surface area contributed by atoms with E-state index in [1.807, 2.05) is 98.2 Å². The van der Waals surface area contributed by atoms with Crippen molar-refractivity contribution in [2.45, 2.75) is 39.8 Å². The zero-order valence-corrected chi connectivity index (χ0v) is 18.2. The summed E-state index contributed by atoms with van der Waals surface area (Å²) in [7, 11) is 0. The van der Waals surface area contributed by atoms with Crippen molar-refractivity contribution < 1.29 is 9.59 Å². The van der Waals surface area contributed by atoms with Gasteiger partial charge in [-0.1, -0.05) is 59.7 Å². The van der Waals surface area contributed by atoms with E-state index in [2.05, 4.69) is 0 Å². The summed E-state index contributed by atoms with van der Waals surface area (Å²) in [6, 6.07) is 16.1. The van der Waals surface area contributed by atoms with Crippen LogP contribution in [-0.2, 0) is 9.59 Å². The van der Waals surface area contributed by atoms with Crippen molar-refractivity contribution in [1.82, 2.24) is 9.80 Å². The molecule has 156 valence electrons. The van der Waals surface area contributed by atoms with Crippen LogP contribution >= 0.6 is 0 Å². The summed E-state index contributed by atoms with van der Waals surface area (Å²) in [6.07, 6.45) is 6.95. The molecule has 0 spiro atoms. The molecule has 4 heteroatoms. The van der Waals surface area contributed by atoms with Crippen molar-refractivity contribution in [3.63, 3.8) is 0 Å². The number of carbonyl (C=O) groups excluding carboxylic acids is 2. The second-order valence-electron chi connectivity index (χ2n) is 8.17. The molecule has 0 aliphatic carbocycles. The van der Waals surface area contributed by atoms with Crippen molar-refractivity contribution in [3.8, 4) is 0 Å². The third kappa shape index (κ3) is 5.47. The van der Waals surface area contributed by atoms with E-state index >= 15 is 0 Å². The number of nitrogens with zero attached hydrogens (tertiary/aromatic N) is 2. The van der Waals surface area contributed by atoms with E-state index < -0.39 is 0 Å². The second-order valence-corrected chi connectivity index (χ2v) is 8.17. The highest BCUT2D eigenvalue weighted by molar-refractivity contribution is 5.94. The molecule has 2 aromatic carbocycles. The molecular formula is C26H30N2O2. The van der Waals surface area contributed by atoms with E-state index in [9.17, 15) is 9.59 Å². The number of carbonyl (C=O) groups is 2. The molecule has 2 unspecified atom stereocenters. The molecule has 2 aromatic rings. The molecule has 1 heterocycles. The van der Waals surface area contributed by atoms with Crippen LogP contribution in [-0.4, -0.2) is 46.8 Å². The molecule has 2 amide bonds. The minimum atomic E-state index is -0.0342. The lowest BCUT2D eigenvalue weighted by Gasteiger charge is -2.43. The Morgan fingerprint density at radius 2 is 1.03 bits per heavy atom. The number of piperazine rings is 1. The summed E-state index contributed by atoms with van der Waals surface area (Å²) in [5.41, 5.74) is 4.39. The third-order valence-electron chi connectivity index (χ3n) is 5.54. The zero-order chi connectivity index (χ0) is 21.7. The van der Waals surface area contributed by atoms with Gasteiger partial charge in [0.25, 0.3) is 0 Å². The normalized spacial score (nSPS) is 19.6. The maximum atomic E-state index is 12.7. The molecule has 0 N–H and O–H groups in total. The van der Waals surface area contributed by atoms with Crippen molar-refractivity contribution in [2.75, 3.05) is 13.1 Å². The van der Waals surface area contributed by atoms with E-state index in [1.165, 1.54) is 11.1 Å². The molecule has 4 nitrogen and oxygen atoms in total. The highest BCUT2D eigenvalue weighted by atomic mass is 16.2. The summed E-state index contributed by atoms with van der Waals surface area (Å²) in [5.74, 6) is -0.0329. The Labute approximate surface area is 179 Å². The van der Waals surface area contributed by atoms with Crippen LogP contribution in [0.15, 0.2) is 60.7 Å². The van der Waals surface area contributed by atoms with Crippen molar-refractivity contribution in [2.24, 2.45) is 0 Å². The highest BCUT2D eigenvalue weighted by Gasteiger charge is 2.32. The molecular weight excluding hydrogens is 372 g/mol. The van der Waals surface area contributed by atoms with Crippen molar-refractivity contribution >= 4 is 24.0 Å². The molecule has 0 bridgehead atoms. The Kier molecular flexibility index (Phi) is 6.88. The smallest absolute Gasteiger partial charge is 0.246 e. The van der Waals surface area contributed by atoms with Gasteiger partial charge in [0.2, 0.25) is 11.8 Å². The van der Waals surface area contributed by atoms with Crippen LogP contribution in [0, 0.1) is 13.8 Å². The van der Waals surface area contributed by atoms with Gasteiger partial charge in [-0.2, -0.15) is 0 Å². The third-order valence-corrected chi connectivity index (χ3v) is 5.54. The van der Waals surface area contributed by atoms with Gasteiger partial charge in [0, 0.05) is 37.3 Å². The Bertz CT molecular complexity index is 863. The summed E-state index contributed by atoms with van der Waals surface area (Å²) in [5, 5.41) is 0. The van der Waals surface area contributed by atoms with Gasteiger partial charge in [-0.05, 0) is 51.0 Å². The number of hydrogen-bond acceptors (Lipinski definition) is 2. The fourth-order valence-electron chi connectivity index (χ4n) is 3.62. The quantitative estimate of drug-likeness (QED) is 0.708. The minimum Gasteiger partial charge on any atom is -0.333 e. The van der Waals surface area contributed by atoms with Gasteiger partial charge in [0.1, 0.15) is 0 Å². The topological polar surface area (TPSA) is 40.6 Å². The van der Waals surface area contributed by atoms with Gasteiger partial charge in [-0.15, -0.1) is 0 Å². The average molecular weight is 403 g/mol. The number of hydrogen-bond donors (Lipinski definition) is 0. The van der Waals surface area contributed by atoms with Crippen LogP contribution in [0.5, 0.6) is 0 Å². The van der Waals surface area contributed by atoms with E-state index in [4.69, 9.17) is 0 Å². The molecule has 30 heavy (non-hydrogen) atoms. The summed E-state index contributed by atoms with van der Waals surface area (Å²) in [6.45, 7) is 9.13. The van der Waals surface area contributed by atoms with Gasteiger partial charge in [0.15, 0.2) is 0 Å². The number of amides is 2. The number of aryl methyl sites for hydroxylation is 2. The predicted molar refractivity (Wildman–Crippen MR) is 123 cm³/mol. The fourth-order valence-corrected chi connectivity index (χ4v) is 3.62. The van der Waals surface area contributed by atoms with E-state index in [1.54, 1.807) is 12.2 Å². The number of benzene rings is 2.